The van der Waals surface area contributed by atoms with Gasteiger partial charge in [0, 0.05) is 19.6 Å². The van der Waals surface area contributed by atoms with Gasteiger partial charge in [0.2, 0.25) is 5.91 Å². The summed E-state index contributed by atoms with van der Waals surface area (Å²) in [7, 11) is 0. The number of ether oxygens (including phenoxy) is 1. The monoisotopic (exact) mass is 421 g/mol. The first-order chi connectivity index (χ1) is 15.1. The van der Waals surface area contributed by atoms with E-state index in [1.807, 2.05) is 36.4 Å². The molecule has 2 aliphatic rings. The van der Waals surface area contributed by atoms with Crippen LogP contribution in [0.1, 0.15) is 53.6 Å². The third-order valence-electron chi connectivity index (χ3n) is 6.24. The van der Waals surface area contributed by atoms with E-state index >= 15 is 0 Å². The molecule has 1 aliphatic heterocycles. The number of primary amides is 1. The van der Waals surface area contributed by atoms with E-state index in [2.05, 4.69) is 22.3 Å². The summed E-state index contributed by atoms with van der Waals surface area (Å²) in [6.45, 7) is 2.93. The molecule has 1 aliphatic carbocycles. The summed E-state index contributed by atoms with van der Waals surface area (Å²) in [5.74, 6) is 0.273. The lowest BCUT2D eigenvalue weighted by atomic mass is 9.96. The number of nitrogens with two attached hydrogens (primary N) is 1. The molecule has 31 heavy (non-hydrogen) atoms. The largest absolute Gasteiger partial charge is 0.490 e. The molecule has 1 heterocycles. The van der Waals surface area contributed by atoms with Crippen molar-refractivity contribution in [3.05, 3.63) is 65.2 Å². The standard InChI is InChI=1S/C25H31N3O3/c26-24(29)20-8-5-13-28(17-20)16-19-7-3-6-18(14-19)15-27-25(30)22-11-1-2-12-23(22)31-21-9-4-10-21/h1-3,6-7,11-12,14,20-21H,4-5,8-10,13,15-17H2,(H2,26,29)(H,27,30). The van der Waals surface area contributed by atoms with Gasteiger partial charge in [-0.15, -0.1) is 0 Å². The second-order valence-corrected chi connectivity index (χ2v) is 8.65. The Morgan fingerprint density at radius 2 is 1.84 bits per heavy atom. The number of para-hydroxylation sites is 1. The maximum Gasteiger partial charge on any atom is 0.255 e. The number of nitrogens with zero attached hydrogens (tertiary/aromatic N) is 1. The van der Waals surface area contributed by atoms with Crippen LogP contribution in [0, 0.1) is 5.92 Å². The van der Waals surface area contributed by atoms with E-state index in [1.54, 1.807) is 0 Å². The number of hydrogen-bond acceptors (Lipinski definition) is 4. The number of carbonyl (C=O) groups is 2. The molecule has 1 atom stereocenters. The first kappa shape index (κ1) is 21.4. The lowest BCUT2D eigenvalue weighted by molar-refractivity contribution is -0.123. The molecule has 2 aromatic rings. The molecule has 0 radical (unpaired) electrons. The number of hydrogen-bond donors (Lipinski definition) is 2. The highest BCUT2D eigenvalue weighted by Crippen LogP contribution is 2.27. The normalized spacial score (nSPS) is 19.4. The van der Waals surface area contributed by atoms with Gasteiger partial charge < -0.3 is 15.8 Å². The van der Waals surface area contributed by atoms with Gasteiger partial charge in [-0.25, -0.2) is 0 Å². The summed E-state index contributed by atoms with van der Waals surface area (Å²) in [6.07, 6.45) is 5.40. The first-order valence-electron chi connectivity index (χ1n) is 11.2. The molecule has 2 aromatic carbocycles. The van der Waals surface area contributed by atoms with Crippen molar-refractivity contribution in [1.29, 1.82) is 0 Å². The van der Waals surface area contributed by atoms with Crippen molar-refractivity contribution < 1.29 is 14.3 Å². The fourth-order valence-corrected chi connectivity index (χ4v) is 4.23. The highest BCUT2D eigenvalue weighted by atomic mass is 16.5. The number of carbonyl (C=O) groups excluding carboxylic acids is 2. The Morgan fingerprint density at radius 1 is 1.03 bits per heavy atom. The number of likely N-dealkylation sites (tertiary alicyclic amines) is 1. The van der Waals surface area contributed by atoms with Gasteiger partial charge >= 0.3 is 0 Å². The van der Waals surface area contributed by atoms with Gasteiger partial charge in [-0.1, -0.05) is 36.4 Å². The highest BCUT2D eigenvalue weighted by Gasteiger charge is 2.24. The summed E-state index contributed by atoms with van der Waals surface area (Å²) in [5.41, 5.74) is 8.30. The van der Waals surface area contributed by atoms with Crippen LogP contribution in [0.15, 0.2) is 48.5 Å². The molecule has 2 fully saturated rings. The molecule has 6 heteroatoms. The number of amides is 2. The minimum absolute atomic E-state index is 0.0570. The van der Waals surface area contributed by atoms with Crippen LogP contribution >= 0.6 is 0 Å². The zero-order chi connectivity index (χ0) is 21.6. The minimum atomic E-state index is -0.206. The number of benzene rings is 2. The van der Waals surface area contributed by atoms with Crippen molar-refractivity contribution in [2.75, 3.05) is 13.1 Å². The second-order valence-electron chi connectivity index (χ2n) is 8.65. The third-order valence-corrected chi connectivity index (χ3v) is 6.24. The quantitative estimate of drug-likeness (QED) is 0.685. The summed E-state index contributed by atoms with van der Waals surface area (Å²) in [4.78, 5) is 26.6. The van der Waals surface area contributed by atoms with Crippen LogP contribution in [0.25, 0.3) is 0 Å². The van der Waals surface area contributed by atoms with Crippen LogP contribution in [-0.2, 0) is 17.9 Å². The van der Waals surface area contributed by atoms with E-state index in [4.69, 9.17) is 10.5 Å². The molecule has 4 rings (SSSR count). The number of nitrogens with one attached hydrogen (secondary N) is 1. The zero-order valence-corrected chi connectivity index (χ0v) is 17.9. The SMILES string of the molecule is NC(=O)C1CCCN(Cc2cccc(CNC(=O)c3ccccc3OC3CCC3)c2)C1. The molecule has 6 nitrogen and oxygen atoms in total. The van der Waals surface area contributed by atoms with Crippen molar-refractivity contribution >= 4 is 11.8 Å². The molecule has 1 saturated carbocycles. The fourth-order valence-electron chi connectivity index (χ4n) is 4.23. The van der Waals surface area contributed by atoms with Gasteiger partial charge in [0.05, 0.1) is 17.6 Å². The average Bonchev–Trinajstić information content (AvgIpc) is 2.75. The van der Waals surface area contributed by atoms with Crippen molar-refractivity contribution in [1.82, 2.24) is 10.2 Å². The summed E-state index contributed by atoms with van der Waals surface area (Å²) in [5, 5.41) is 3.02. The van der Waals surface area contributed by atoms with Crippen molar-refractivity contribution in [3.63, 3.8) is 0 Å². The highest BCUT2D eigenvalue weighted by molar-refractivity contribution is 5.96. The Kier molecular flexibility index (Phi) is 6.87. The van der Waals surface area contributed by atoms with E-state index in [-0.39, 0.29) is 23.8 Å². The minimum Gasteiger partial charge on any atom is -0.490 e. The van der Waals surface area contributed by atoms with E-state index < -0.39 is 0 Å². The Balaban J connectivity index is 1.34. The molecule has 0 bridgehead atoms. The number of piperidine rings is 1. The fraction of sp³-hybridized carbons (Fsp3) is 0.440. The van der Waals surface area contributed by atoms with Crippen LogP contribution < -0.4 is 15.8 Å². The van der Waals surface area contributed by atoms with Crippen molar-refractivity contribution in [2.24, 2.45) is 11.7 Å². The smallest absolute Gasteiger partial charge is 0.255 e. The Bertz CT molecular complexity index is 926. The van der Waals surface area contributed by atoms with Crippen LogP contribution in [-0.4, -0.2) is 35.9 Å². The van der Waals surface area contributed by atoms with Crippen LogP contribution in [0.2, 0.25) is 0 Å². The van der Waals surface area contributed by atoms with Crippen LogP contribution in [0.4, 0.5) is 0 Å². The molecule has 1 saturated heterocycles. The van der Waals surface area contributed by atoms with E-state index in [1.165, 1.54) is 12.0 Å². The molecular weight excluding hydrogens is 390 g/mol. The predicted molar refractivity (Wildman–Crippen MR) is 120 cm³/mol. The summed E-state index contributed by atoms with van der Waals surface area (Å²) in [6, 6.07) is 15.7. The number of rotatable bonds is 8. The molecular formula is C25H31N3O3. The third kappa shape index (κ3) is 5.64. The van der Waals surface area contributed by atoms with Gasteiger partial charge in [0.15, 0.2) is 0 Å². The van der Waals surface area contributed by atoms with Gasteiger partial charge in [-0.2, -0.15) is 0 Å². The summed E-state index contributed by atoms with van der Waals surface area (Å²) < 4.78 is 5.98. The Labute approximate surface area is 183 Å². The molecule has 3 N–H and O–H groups in total. The lowest BCUT2D eigenvalue weighted by Gasteiger charge is -2.31. The summed E-state index contributed by atoms with van der Waals surface area (Å²) >= 11 is 0. The Hall–Kier alpha value is -2.86. The van der Waals surface area contributed by atoms with E-state index in [0.29, 0.717) is 24.4 Å². The van der Waals surface area contributed by atoms with Crippen LogP contribution in [0.3, 0.4) is 0 Å². The molecule has 0 spiro atoms. The predicted octanol–water partition coefficient (Wildman–Crippen LogP) is 3.25. The van der Waals surface area contributed by atoms with Gasteiger partial charge in [-0.3, -0.25) is 14.5 Å². The van der Waals surface area contributed by atoms with Crippen molar-refractivity contribution in [3.8, 4) is 5.75 Å². The van der Waals surface area contributed by atoms with E-state index in [9.17, 15) is 9.59 Å². The topological polar surface area (TPSA) is 84.7 Å². The second kappa shape index (κ2) is 9.96. The molecule has 0 aromatic heterocycles. The average molecular weight is 422 g/mol. The molecule has 1 unspecified atom stereocenters. The van der Waals surface area contributed by atoms with E-state index in [0.717, 1.165) is 44.3 Å². The Morgan fingerprint density at radius 3 is 2.61 bits per heavy atom. The molecule has 164 valence electrons. The van der Waals surface area contributed by atoms with Crippen LogP contribution in [0.5, 0.6) is 5.75 Å². The van der Waals surface area contributed by atoms with Crippen molar-refractivity contribution in [2.45, 2.75) is 51.3 Å². The maximum atomic E-state index is 12.8. The zero-order valence-electron chi connectivity index (χ0n) is 17.9. The first-order valence-corrected chi connectivity index (χ1v) is 11.2. The van der Waals surface area contributed by atoms with Gasteiger partial charge in [0.1, 0.15) is 5.75 Å². The molecule has 2 amide bonds. The maximum absolute atomic E-state index is 12.8. The lowest BCUT2D eigenvalue weighted by Crippen LogP contribution is -2.40. The van der Waals surface area contributed by atoms with Gasteiger partial charge in [0.25, 0.3) is 5.91 Å². The van der Waals surface area contributed by atoms with Gasteiger partial charge in [-0.05, 0) is 61.9 Å².